The van der Waals surface area contributed by atoms with Crippen molar-refractivity contribution in [3.05, 3.63) is 65.2 Å². The predicted molar refractivity (Wildman–Crippen MR) is 86.1 cm³/mol. The predicted octanol–water partition coefficient (Wildman–Crippen LogP) is 3.48. The minimum atomic E-state index is -0.694. The van der Waals surface area contributed by atoms with E-state index < -0.39 is 23.6 Å². The van der Waals surface area contributed by atoms with Crippen LogP contribution in [0.25, 0.3) is 0 Å². The summed E-state index contributed by atoms with van der Waals surface area (Å²) in [5.74, 6) is -1.16. The summed E-state index contributed by atoms with van der Waals surface area (Å²) in [6.45, 7) is 2.28. The zero-order valence-electron chi connectivity index (χ0n) is 13.5. The van der Waals surface area contributed by atoms with Crippen molar-refractivity contribution >= 4 is 5.91 Å². The van der Waals surface area contributed by atoms with E-state index >= 15 is 0 Å². The molecule has 1 amide bonds. The molecular weight excluding hydrogens is 316 g/mol. The molecule has 6 heteroatoms. The Labute approximate surface area is 139 Å². The van der Waals surface area contributed by atoms with Gasteiger partial charge in [-0.15, -0.1) is 0 Å². The molecule has 0 heterocycles. The van der Waals surface area contributed by atoms with Gasteiger partial charge in [-0.1, -0.05) is 12.1 Å². The Hall–Kier alpha value is -2.47. The van der Waals surface area contributed by atoms with Gasteiger partial charge in [-0.25, -0.2) is 8.78 Å². The highest BCUT2D eigenvalue weighted by Gasteiger charge is 2.18. The van der Waals surface area contributed by atoms with E-state index in [1.54, 1.807) is 38.3 Å². The second kappa shape index (κ2) is 8.40. The van der Waals surface area contributed by atoms with Crippen LogP contribution in [0.3, 0.4) is 0 Å². The van der Waals surface area contributed by atoms with Gasteiger partial charge < -0.3 is 14.8 Å². The van der Waals surface area contributed by atoms with Crippen LogP contribution >= 0.6 is 0 Å². The first kappa shape index (κ1) is 17.9. The number of benzene rings is 2. The molecule has 0 unspecified atom stereocenters. The second-order valence-corrected chi connectivity index (χ2v) is 5.20. The molecule has 24 heavy (non-hydrogen) atoms. The van der Waals surface area contributed by atoms with Gasteiger partial charge in [0.2, 0.25) is 0 Å². The molecule has 2 aromatic rings. The van der Waals surface area contributed by atoms with Gasteiger partial charge in [0.15, 0.2) is 0 Å². The number of amides is 1. The van der Waals surface area contributed by atoms with Crippen molar-refractivity contribution in [2.45, 2.75) is 13.0 Å². The SMILES string of the molecule is COCCOc1ccccc1C(=O)N[C@@H](C)c1cc(F)ccc1F. The van der Waals surface area contributed by atoms with E-state index in [1.807, 2.05) is 0 Å². The molecular formula is C18H19F2NO3. The van der Waals surface area contributed by atoms with Crippen molar-refractivity contribution in [1.29, 1.82) is 0 Å². The standard InChI is InChI=1S/C18H19F2NO3/c1-12(15-11-13(19)7-8-16(15)20)21-18(22)14-5-3-4-6-17(14)24-10-9-23-2/h3-8,11-12H,9-10H2,1-2H3,(H,21,22)/t12-/m0/s1. The second-order valence-electron chi connectivity index (χ2n) is 5.20. The van der Waals surface area contributed by atoms with Crippen LogP contribution in [0.15, 0.2) is 42.5 Å². The fraction of sp³-hybridized carbons (Fsp3) is 0.278. The van der Waals surface area contributed by atoms with E-state index in [-0.39, 0.29) is 5.56 Å². The average Bonchev–Trinajstić information content (AvgIpc) is 2.57. The van der Waals surface area contributed by atoms with Gasteiger partial charge >= 0.3 is 0 Å². The summed E-state index contributed by atoms with van der Waals surface area (Å²) >= 11 is 0. The van der Waals surface area contributed by atoms with Gasteiger partial charge in [-0.3, -0.25) is 4.79 Å². The largest absolute Gasteiger partial charge is 0.490 e. The third-order valence-electron chi connectivity index (χ3n) is 3.45. The average molecular weight is 335 g/mol. The summed E-state index contributed by atoms with van der Waals surface area (Å²) in [6.07, 6.45) is 0. The van der Waals surface area contributed by atoms with E-state index in [0.29, 0.717) is 24.5 Å². The molecule has 2 rings (SSSR count). The van der Waals surface area contributed by atoms with Crippen LogP contribution in [0.2, 0.25) is 0 Å². The van der Waals surface area contributed by atoms with Crippen LogP contribution in [-0.4, -0.2) is 26.2 Å². The summed E-state index contributed by atoms with van der Waals surface area (Å²) in [5, 5.41) is 2.65. The first-order chi connectivity index (χ1) is 11.5. The minimum Gasteiger partial charge on any atom is -0.490 e. The van der Waals surface area contributed by atoms with Crippen LogP contribution in [0.5, 0.6) is 5.75 Å². The molecule has 128 valence electrons. The van der Waals surface area contributed by atoms with Gasteiger partial charge in [-0.2, -0.15) is 0 Å². The van der Waals surface area contributed by atoms with Crippen LogP contribution in [0.1, 0.15) is 28.9 Å². The number of ether oxygens (including phenoxy) is 2. The number of hydrogen-bond acceptors (Lipinski definition) is 3. The molecule has 0 bridgehead atoms. The molecule has 0 radical (unpaired) electrons. The third kappa shape index (κ3) is 4.52. The van der Waals surface area contributed by atoms with Crippen molar-refractivity contribution in [3.8, 4) is 5.75 Å². The number of para-hydroxylation sites is 1. The van der Waals surface area contributed by atoms with E-state index in [9.17, 15) is 13.6 Å². The molecule has 0 saturated heterocycles. The highest BCUT2D eigenvalue weighted by Crippen LogP contribution is 2.21. The van der Waals surface area contributed by atoms with Crippen LogP contribution in [-0.2, 0) is 4.74 Å². The summed E-state index contributed by atoms with van der Waals surface area (Å²) in [6, 6.07) is 9.16. The number of halogens is 2. The highest BCUT2D eigenvalue weighted by atomic mass is 19.1. The lowest BCUT2D eigenvalue weighted by Crippen LogP contribution is -2.28. The van der Waals surface area contributed by atoms with Gasteiger partial charge in [0.25, 0.3) is 5.91 Å². The van der Waals surface area contributed by atoms with E-state index in [2.05, 4.69) is 5.32 Å². The van der Waals surface area contributed by atoms with Gasteiger partial charge in [-0.05, 0) is 37.3 Å². The highest BCUT2D eigenvalue weighted by molar-refractivity contribution is 5.97. The smallest absolute Gasteiger partial charge is 0.255 e. The lowest BCUT2D eigenvalue weighted by Gasteiger charge is -2.17. The maximum absolute atomic E-state index is 13.8. The summed E-state index contributed by atoms with van der Waals surface area (Å²) in [7, 11) is 1.55. The molecule has 0 aromatic heterocycles. The fourth-order valence-electron chi connectivity index (χ4n) is 2.21. The van der Waals surface area contributed by atoms with Crippen LogP contribution in [0, 0.1) is 11.6 Å². The first-order valence-corrected chi connectivity index (χ1v) is 7.49. The maximum atomic E-state index is 13.8. The zero-order valence-corrected chi connectivity index (χ0v) is 13.5. The number of carbonyl (C=O) groups excluding carboxylic acids is 1. The Morgan fingerprint density at radius 2 is 1.92 bits per heavy atom. The van der Waals surface area contributed by atoms with Crippen molar-refractivity contribution in [1.82, 2.24) is 5.32 Å². The maximum Gasteiger partial charge on any atom is 0.255 e. The first-order valence-electron chi connectivity index (χ1n) is 7.49. The molecule has 0 aliphatic carbocycles. The molecule has 4 nitrogen and oxygen atoms in total. The number of methoxy groups -OCH3 is 1. The van der Waals surface area contributed by atoms with Gasteiger partial charge in [0.05, 0.1) is 18.2 Å². The van der Waals surface area contributed by atoms with Crippen LogP contribution < -0.4 is 10.1 Å². The quantitative estimate of drug-likeness (QED) is 0.788. The van der Waals surface area contributed by atoms with Crippen molar-refractivity contribution < 1.29 is 23.0 Å². The van der Waals surface area contributed by atoms with Gasteiger partial charge in [0, 0.05) is 12.7 Å². The lowest BCUT2D eigenvalue weighted by molar-refractivity contribution is 0.0931. The van der Waals surface area contributed by atoms with Crippen LogP contribution in [0.4, 0.5) is 8.78 Å². The minimum absolute atomic E-state index is 0.0844. The number of carbonyl (C=O) groups is 1. The molecule has 0 aliphatic heterocycles. The monoisotopic (exact) mass is 335 g/mol. The van der Waals surface area contributed by atoms with Crippen molar-refractivity contribution in [2.24, 2.45) is 0 Å². The normalized spacial score (nSPS) is 11.8. The Morgan fingerprint density at radius 3 is 2.67 bits per heavy atom. The molecule has 0 saturated carbocycles. The van der Waals surface area contributed by atoms with E-state index in [4.69, 9.17) is 9.47 Å². The van der Waals surface area contributed by atoms with Crippen molar-refractivity contribution in [3.63, 3.8) is 0 Å². The Balaban J connectivity index is 2.13. The van der Waals surface area contributed by atoms with E-state index in [1.165, 1.54) is 0 Å². The van der Waals surface area contributed by atoms with Gasteiger partial charge in [0.1, 0.15) is 24.0 Å². The molecule has 1 atom stereocenters. The molecule has 2 aromatic carbocycles. The summed E-state index contributed by atoms with van der Waals surface area (Å²) in [5.41, 5.74) is 0.401. The topological polar surface area (TPSA) is 47.6 Å². The summed E-state index contributed by atoms with van der Waals surface area (Å²) < 4.78 is 37.5. The lowest BCUT2D eigenvalue weighted by atomic mass is 10.1. The zero-order chi connectivity index (χ0) is 17.5. The van der Waals surface area contributed by atoms with Crippen molar-refractivity contribution in [2.75, 3.05) is 20.3 Å². The Kier molecular flexibility index (Phi) is 6.26. The molecule has 1 N–H and O–H groups in total. The molecule has 0 fully saturated rings. The summed E-state index contributed by atoms with van der Waals surface area (Å²) in [4.78, 5) is 12.4. The number of hydrogen-bond donors (Lipinski definition) is 1. The number of rotatable bonds is 7. The Morgan fingerprint density at radius 1 is 1.17 bits per heavy atom. The third-order valence-corrected chi connectivity index (χ3v) is 3.45. The fourth-order valence-corrected chi connectivity index (χ4v) is 2.21. The Bertz CT molecular complexity index is 706. The molecule has 0 spiro atoms. The molecule has 0 aliphatic rings. The number of nitrogens with one attached hydrogen (secondary N) is 1. The van der Waals surface area contributed by atoms with E-state index in [0.717, 1.165) is 18.2 Å².